The molecule has 0 spiro atoms. The highest BCUT2D eigenvalue weighted by Crippen LogP contribution is 2.40. The monoisotopic (exact) mass is 445 g/mol. The standard InChI is InChI=1S/C25H31Cl2N2O/c26-23-8-7-22(18-24(23)27)25(11-4-13-29(30)19-25)12-16-28-14-9-21(10-15-28)17-20-5-2-1-3-6-20/h1-3,5-8,18,21H,4,9-17,19H2/q-1. The van der Waals surface area contributed by atoms with Crippen molar-refractivity contribution in [2.45, 2.75) is 43.9 Å². The number of hydrogen-bond acceptors (Lipinski definition) is 3. The predicted octanol–water partition coefficient (Wildman–Crippen LogP) is 6.17. The lowest BCUT2D eigenvalue weighted by Gasteiger charge is -2.47. The van der Waals surface area contributed by atoms with Gasteiger partial charge in [0.15, 0.2) is 0 Å². The molecule has 5 heteroatoms. The summed E-state index contributed by atoms with van der Waals surface area (Å²) < 4.78 is 0. The maximum Gasteiger partial charge on any atom is 0.0595 e. The Balaban J connectivity index is 1.37. The molecule has 0 aliphatic carbocycles. The summed E-state index contributed by atoms with van der Waals surface area (Å²) in [6, 6.07) is 16.8. The SMILES string of the molecule is [O-]N1CCCC(CCN2CCC(Cc3ccccc3)CC2)(c2ccc(Cl)c(Cl)c2)C1. The van der Waals surface area contributed by atoms with Gasteiger partial charge >= 0.3 is 0 Å². The Morgan fingerprint density at radius 3 is 2.43 bits per heavy atom. The molecular formula is C25H31Cl2N2O-. The first-order valence-electron chi connectivity index (χ1n) is 11.2. The summed E-state index contributed by atoms with van der Waals surface area (Å²) in [6.07, 6.45) is 6.65. The summed E-state index contributed by atoms with van der Waals surface area (Å²) in [5.41, 5.74) is 2.48. The Bertz CT molecular complexity index is 823. The van der Waals surface area contributed by atoms with Crippen molar-refractivity contribution in [3.63, 3.8) is 0 Å². The summed E-state index contributed by atoms with van der Waals surface area (Å²) in [5.74, 6) is 0.777. The van der Waals surface area contributed by atoms with Gasteiger partial charge in [0.2, 0.25) is 0 Å². The molecule has 3 nitrogen and oxygen atoms in total. The van der Waals surface area contributed by atoms with Gasteiger partial charge in [-0.3, -0.25) is 0 Å². The van der Waals surface area contributed by atoms with Crippen LogP contribution in [0.5, 0.6) is 0 Å². The number of benzene rings is 2. The van der Waals surface area contributed by atoms with Gasteiger partial charge < -0.3 is 15.2 Å². The number of hydroxylamine groups is 2. The number of nitrogens with zero attached hydrogens (tertiary/aromatic N) is 2. The fourth-order valence-electron chi connectivity index (χ4n) is 5.23. The first-order valence-corrected chi connectivity index (χ1v) is 11.9. The van der Waals surface area contributed by atoms with Crippen molar-refractivity contribution in [2.75, 3.05) is 32.7 Å². The molecule has 0 amide bonds. The molecule has 2 saturated heterocycles. The van der Waals surface area contributed by atoms with Crippen molar-refractivity contribution in [1.29, 1.82) is 0 Å². The molecule has 2 aliphatic heterocycles. The van der Waals surface area contributed by atoms with E-state index in [9.17, 15) is 5.21 Å². The van der Waals surface area contributed by atoms with E-state index < -0.39 is 0 Å². The Kier molecular flexibility index (Phi) is 7.38. The van der Waals surface area contributed by atoms with Crippen LogP contribution >= 0.6 is 23.2 Å². The molecule has 0 aromatic heterocycles. The number of piperidine rings is 2. The minimum atomic E-state index is -0.130. The van der Waals surface area contributed by atoms with Crippen molar-refractivity contribution in [2.24, 2.45) is 5.92 Å². The maximum atomic E-state index is 12.3. The molecule has 1 unspecified atom stereocenters. The number of hydrogen-bond donors (Lipinski definition) is 0. The van der Waals surface area contributed by atoms with Crippen molar-refractivity contribution in [3.8, 4) is 0 Å². The zero-order valence-electron chi connectivity index (χ0n) is 17.5. The van der Waals surface area contributed by atoms with Crippen LogP contribution in [0.2, 0.25) is 10.0 Å². The summed E-state index contributed by atoms with van der Waals surface area (Å²) in [4.78, 5) is 2.59. The molecule has 1 atom stereocenters. The highest BCUT2D eigenvalue weighted by Gasteiger charge is 2.35. The largest absolute Gasteiger partial charge is 0.785 e. The Hall–Kier alpha value is -1.10. The van der Waals surface area contributed by atoms with Crippen LogP contribution in [0.4, 0.5) is 0 Å². The van der Waals surface area contributed by atoms with E-state index in [1.165, 1.54) is 29.9 Å². The van der Waals surface area contributed by atoms with Gasteiger partial charge in [-0.25, -0.2) is 0 Å². The van der Waals surface area contributed by atoms with Crippen LogP contribution in [-0.4, -0.2) is 42.7 Å². The molecule has 2 aromatic rings. The van der Waals surface area contributed by atoms with Gasteiger partial charge in [0.25, 0.3) is 0 Å². The molecule has 4 rings (SSSR count). The molecule has 2 aromatic carbocycles. The predicted molar refractivity (Wildman–Crippen MR) is 126 cm³/mol. The summed E-state index contributed by atoms with van der Waals surface area (Å²) >= 11 is 12.5. The minimum absolute atomic E-state index is 0.130. The first kappa shape index (κ1) is 22.1. The van der Waals surface area contributed by atoms with Crippen molar-refractivity contribution >= 4 is 23.2 Å². The fourth-order valence-corrected chi connectivity index (χ4v) is 5.53. The molecule has 0 N–H and O–H groups in total. The fraction of sp³-hybridized carbons (Fsp3) is 0.520. The van der Waals surface area contributed by atoms with E-state index in [1.807, 2.05) is 12.1 Å². The molecule has 0 saturated carbocycles. The number of likely N-dealkylation sites (tertiary alicyclic amines) is 1. The molecule has 2 fully saturated rings. The minimum Gasteiger partial charge on any atom is -0.785 e. The van der Waals surface area contributed by atoms with E-state index in [2.05, 4.69) is 41.3 Å². The highest BCUT2D eigenvalue weighted by atomic mass is 35.5. The average Bonchev–Trinajstić information content (AvgIpc) is 2.76. The van der Waals surface area contributed by atoms with Crippen LogP contribution in [-0.2, 0) is 11.8 Å². The zero-order valence-corrected chi connectivity index (χ0v) is 19.0. The van der Waals surface area contributed by atoms with Crippen molar-refractivity contribution < 1.29 is 0 Å². The summed E-state index contributed by atoms with van der Waals surface area (Å²) in [6.45, 7) is 4.52. The average molecular weight is 446 g/mol. The molecule has 0 radical (unpaired) electrons. The van der Waals surface area contributed by atoms with Gasteiger partial charge in [-0.1, -0.05) is 59.6 Å². The lowest BCUT2D eigenvalue weighted by Crippen LogP contribution is -2.46. The van der Waals surface area contributed by atoms with E-state index in [1.54, 1.807) is 0 Å². The molecular weight excluding hydrogens is 415 g/mol. The second kappa shape index (κ2) is 10.0. The maximum absolute atomic E-state index is 12.3. The van der Waals surface area contributed by atoms with Crippen molar-refractivity contribution in [3.05, 3.63) is 74.9 Å². The van der Waals surface area contributed by atoms with E-state index in [-0.39, 0.29) is 5.41 Å². The van der Waals surface area contributed by atoms with Crippen LogP contribution < -0.4 is 0 Å². The topological polar surface area (TPSA) is 29.5 Å². The second-order valence-corrected chi connectivity index (χ2v) is 9.92. The van der Waals surface area contributed by atoms with Gasteiger partial charge in [0.1, 0.15) is 0 Å². The van der Waals surface area contributed by atoms with Crippen molar-refractivity contribution in [1.82, 2.24) is 9.96 Å². The van der Waals surface area contributed by atoms with Crippen LogP contribution in [0.1, 0.15) is 43.2 Å². The quantitative estimate of drug-likeness (QED) is 0.532. The Morgan fingerprint density at radius 1 is 0.967 bits per heavy atom. The molecule has 2 heterocycles. The Labute approximate surface area is 190 Å². The van der Waals surface area contributed by atoms with Gasteiger partial charge in [-0.2, -0.15) is 0 Å². The third-order valence-electron chi connectivity index (χ3n) is 7.05. The van der Waals surface area contributed by atoms with Gasteiger partial charge in [0, 0.05) is 5.41 Å². The van der Waals surface area contributed by atoms with Crippen LogP contribution in [0, 0.1) is 11.1 Å². The van der Waals surface area contributed by atoms with Crippen LogP contribution in [0.15, 0.2) is 48.5 Å². The third-order valence-corrected chi connectivity index (χ3v) is 7.79. The van der Waals surface area contributed by atoms with E-state index in [0.29, 0.717) is 23.1 Å². The third kappa shape index (κ3) is 5.38. The number of halogens is 2. The second-order valence-electron chi connectivity index (χ2n) is 9.10. The summed E-state index contributed by atoms with van der Waals surface area (Å²) in [7, 11) is 0. The van der Waals surface area contributed by atoms with E-state index in [0.717, 1.165) is 50.4 Å². The number of rotatable bonds is 6. The zero-order chi connectivity index (χ0) is 21.0. The molecule has 2 aliphatic rings. The van der Waals surface area contributed by atoms with Gasteiger partial charge in [-0.15, -0.1) is 0 Å². The van der Waals surface area contributed by atoms with Crippen LogP contribution in [0.3, 0.4) is 0 Å². The normalized spacial score (nSPS) is 24.2. The molecule has 30 heavy (non-hydrogen) atoms. The lowest BCUT2D eigenvalue weighted by atomic mass is 9.72. The smallest absolute Gasteiger partial charge is 0.0595 e. The lowest BCUT2D eigenvalue weighted by molar-refractivity contribution is 0.136. The summed E-state index contributed by atoms with van der Waals surface area (Å²) in [5, 5.41) is 14.7. The van der Waals surface area contributed by atoms with Gasteiger partial charge in [0.05, 0.1) is 10.0 Å². The highest BCUT2D eigenvalue weighted by molar-refractivity contribution is 6.42. The first-order chi connectivity index (χ1) is 14.5. The van der Waals surface area contributed by atoms with Crippen LogP contribution in [0.25, 0.3) is 0 Å². The van der Waals surface area contributed by atoms with E-state index >= 15 is 0 Å². The van der Waals surface area contributed by atoms with E-state index in [4.69, 9.17) is 23.2 Å². The molecule has 162 valence electrons. The Morgan fingerprint density at radius 2 is 1.73 bits per heavy atom. The molecule has 0 bridgehead atoms. The van der Waals surface area contributed by atoms with Gasteiger partial charge in [-0.05, 0) is 100 Å².